The molecule has 4 nitrogen and oxygen atoms in total. The van der Waals surface area contributed by atoms with Crippen molar-refractivity contribution in [1.29, 1.82) is 0 Å². The number of halogens is 2. The maximum atomic E-state index is 4.77. The number of nitrogens with one attached hydrogen (secondary N) is 1. The third-order valence-corrected chi connectivity index (χ3v) is 6.31. The van der Waals surface area contributed by atoms with Crippen LogP contribution in [0.5, 0.6) is 0 Å². The van der Waals surface area contributed by atoms with Crippen LogP contribution in [0.25, 0.3) is 0 Å². The minimum Gasteiger partial charge on any atom is -0.309 e. The largest absolute Gasteiger partial charge is 0.309 e. The van der Waals surface area contributed by atoms with Crippen LogP contribution in [0.2, 0.25) is 0 Å². The highest BCUT2D eigenvalue weighted by Gasteiger charge is 2.21. The summed E-state index contributed by atoms with van der Waals surface area (Å²) >= 11 is 2.05. The van der Waals surface area contributed by atoms with Gasteiger partial charge in [0.15, 0.2) is 0 Å². The van der Waals surface area contributed by atoms with Gasteiger partial charge in [0.05, 0.1) is 17.9 Å². The average Bonchev–Trinajstić information content (AvgIpc) is 3.01. The highest BCUT2D eigenvalue weighted by atomic mass is 35.5. The Balaban J connectivity index is 0.00000121. The first-order valence-corrected chi connectivity index (χ1v) is 9.86. The fourth-order valence-corrected chi connectivity index (χ4v) is 4.68. The van der Waals surface area contributed by atoms with Crippen molar-refractivity contribution in [1.82, 2.24) is 20.0 Å². The van der Waals surface area contributed by atoms with Gasteiger partial charge in [-0.1, -0.05) is 17.7 Å². The van der Waals surface area contributed by atoms with Crippen molar-refractivity contribution in [2.24, 2.45) is 0 Å². The van der Waals surface area contributed by atoms with Crippen LogP contribution in [-0.4, -0.2) is 39.6 Å². The molecule has 0 radical (unpaired) electrons. The molecule has 26 heavy (non-hydrogen) atoms. The highest BCUT2D eigenvalue weighted by molar-refractivity contribution is 8.00. The molecule has 0 bridgehead atoms. The number of aromatic nitrogens is 2. The van der Waals surface area contributed by atoms with Crippen LogP contribution in [0.4, 0.5) is 0 Å². The Morgan fingerprint density at radius 3 is 2.54 bits per heavy atom. The van der Waals surface area contributed by atoms with Crippen molar-refractivity contribution in [3.05, 3.63) is 47.3 Å². The second-order valence-corrected chi connectivity index (χ2v) is 8.31. The first kappa shape index (κ1) is 21.6. The van der Waals surface area contributed by atoms with E-state index in [1.54, 1.807) is 0 Å². The lowest BCUT2D eigenvalue weighted by atomic mass is 10.1. The van der Waals surface area contributed by atoms with Crippen LogP contribution < -0.4 is 5.32 Å². The summed E-state index contributed by atoms with van der Waals surface area (Å²) in [7, 11) is 0. The first-order chi connectivity index (χ1) is 11.8. The van der Waals surface area contributed by atoms with Crippen LogP contribution >= 0.6 is 36.6 Å². The van der Waals surface area contributed by atoms with E-state index in [1.165, 1.54) is 47.8 Å². The number of aryl methyl sites for hydroxylation is 1. The number of hydrogen-bond donors (Lipinski definition) is 1. The summed E-state index contributed by atoms with van der Waals surface area (Å²) < 4.78 is 2.17. The molecule has 0 saturated carbocycles. The minimum atomic E-state index is 0. The Labute approximate surface area is 172 Å². The Kier molecular flexibility index (Phi) is 8.30. The molecule has 0 spiro atoms. The van der Waals surface area contributed by atoms with Crippen LogP contribution in [0.3, 0.4) is 0 Å². The SMILES string of the molecule is Cc1ccc(SC2CCN(Cc3cc4n(n3)CCNC4)CC2)cc1.Cl.Cl. The molecule has 2 aliphatic rings. The van der Waals surface area contributed by atoms with E-state index in [1.807, 2.05) is 11.8 Å². The number of fused-ring (bicyclic) bond motifs is 1. The van der Waals surface area contributed by atoms with E-state index in [4.69, 9.17) is 5.10 Å². The zero-order chi connectivity index (χ0) is 16.4. The number of benzene rings is 1. The standard InChI is InChI=1S/C19H26N4S.2ClH/c1-15-2-4-18(5-3-15)24-19-6-9-22(10-7-19)14-16-12-17-13-20-8-11-23(17)21-16;;/h2-5,12,19-20H,6-11,13-14H2,1H3;2*1H. The van der Waals surface area contributed by atoms with Crippen molar-refractivity contribution in [3.8, 4) is 0 Å². The van der Waals surface area contributed by atoms with Gasteiger partial charge in [0.1, 0.15) is 0 Å². The molecule has 0 atom stereocenters. The van der Waals surface area contributed by atoms with E-state index in [2.05, 4.69) is 52.2 Å². The Morgan fingerprint density at radius 2 is 1.85 bits per heavy atom. The van der Waals surface area contributed by atoms with Gasteiger partial charge in [-0.15, -0.1) is 36.6 Å². The molecule has 3 heterocycles. The van der Waals surface area contributed by atoms with Crippen LogP contribution in [-0.2, 0) is 19.6 Å². The summed E-state index contributed by atoms with van der Waals surface area (Å²) in [5, 5.41) is 8.94. The second kappa shape index (κ2) is 10.00. The molecule has 0 aliphatic carbocycles. The Bertz CT molecular complexity index is 658. The zero-order valence-electron chi connectivity index (χ0n) is 15.2. The highest BCUT2D eigenvalue weighted by Crippen LogP contribution is 2.30. The Morgan fingerprint density at radius 1 is 1.12 bits per heavy atom. The van der Waals surface area contributed by atoms with Crippen LogP contribution in [0, 0.1) is 6.92 Å². The van der Waals surface area contributed by atoms with Crippen molar-refractivity contribution in [2.75, 3.05) is 19.6 Å². The molecule has 4 rings (SSSR count). The molecule has 1 aromatic carbocycles. The van der Waals surface area contributed by atoms with Gasteiger partial charge in [-0.05, 0) is 51.1 Å². The van der Waals surface area contributed by atoms with Gasteiger partial charge in [-0.25, -0.2) is 0 Å². The summed E-state index contributed by atoms with van der Waals surface area (Å²) in [5.74, 6) is 0. The van der Waals surface area contributed by atoms with Gasteiger partial charge in [0.25, 0.3) is 0 Å². The topological polar surface area (TPSA) is 33.1 Å². The van der Waals surface area contributed by atoms with Crippen LogP contribution in [0.1, 0.15) is 29.8 Å². The molecule has 0 amide bonds. The third-order valence-electron chi connectivity index (χ3n) is 4.96. The molecule has 2 aromatic rings. The van der Waals surface area contributed by atoms with Crippen molar-refractivity contribution < 1.29 is 0 Å². The molecule has 7 heteroatoms. The molecule has 1 aromatic heterocycles. The molecular weight excluding hydrogens is 387 g/mol. The monoisotopic (exact) mass is 414 g/mol. The molecule has 0 unspecified atom stereocenters. The van der Waals surface area contributed by atoms with E-state index in [9.17, 15) is 0 Å². The fraction of sp³-hybridized carbons (Fsp3) is 0.526. The predicted molar refractivity (Wildman–Crippen MR) is 114 cm³/mol. The van der Waals surface area contributed by atoms with E-state index in [0.717, 1.165) is 31.4 Å². The zero-order valence-corrected chi connectivity index (χ0v) is 17.6. The lowest BCUT2D eigenvalue weighted by molar-refractivity contribution is 0.221. The third kappa shape index (κ3) is 5.40. The molecule has 1 saturated heterocycles. The quantitative estimate of drug-likeness (QED) is 0.821. The minimum absolute atomic E-state index is 0. The van der Waals surface area contributed by atoms with Crippen molar-refractivity contribution >= 4 is 36.6 Å². The van der Waals surface area contributed by atoms with Gasteiger partial charge < -0.3 is 5.32 Å². The maximum Gasteiger partial charge on any atom is 0.0768 e. The first-order valence-electron chi connectivity index (χ1n) is 8.98. The number of piperidine rings is 1. The number of likely N-dealkylation sites (tertiary alicyclic amines) is 1. The molecule has 1 fully saturated rings. The summed E-state index contributed by atoms with van der Waals surface area (Å²) in [6, 6.07) is 11.2. The van der Waals surface area contributed by atoms with E-state index in [-0.39, 0.29) is 24.8 Å². The summed E-state index contributed by atoms with van der Waals surface area (Å²) in [6.45, 7) is 8.52. The van der Waals surface area contributed by atoms with Gasteiger partial charge >= 0.3 is 0 Å². The van der Waals surface area contributed by atoms with Gasteiger partial charge in [0, 0.05) is 29.8 Å². The predicted octanol–water partition coefficient (Wildman–Crippen LogP) is 3.90. The summed E-state index contributed by atoms with van der Waals surface area (Å²) in [5.41, 5.74) is 3.91. The smallest absolute Gasteiger partial charge is 0.0768 e. The number of thioether (sulfide) groups is 1. The number of nitrogens with zero attached hydrogens (tertiary/aromatic N) is 3. The maximum absolute atomic E-state index is 4.77. The van der Waals surface area contributed by atoms with Crippen molar-refractivity contribution in [2.45, 2.75) is 49.5 Å². The molecule has 2 aliphatic heterocycles. The van der Waals surface area contributed by atoms with E-state index >= 15 is 0 Å². The van der Waals surface area contributed by atoms with Crippen LogP contribution in [0.15, 0.2) is 35.2 Å². The number of hydrogen-bond acceptors (Lipinski definition) is 4. The normalized spacial score (nSPS) is 17.9. The van der Waals surface area contributed by atoms with Crippen molar-refractivity contribution in [3.63, 3.8) is 0 Å². The lowest BCUT2D eigenvalue weighted by Gasteiger charge is -2.31. The Hall–Kier alpha value is -0.720. The fourth-order valence-electron chi connectivity index (χ4n) is 3.55. The average molecular weight is 415 g/mol. The van der Waals surface area contributed by atoms with Gasteiger partial charge in [-0.2, -0.15) is 5.10 Å². The summed E-state index contributed by atoms with van der Waals surface area (Å²) in [6.07, 6.45) is 2.54. The second-order valence-electron chi connectivity index (χ2n) is 6.93. The van der Waals surface area contributed by atoms with E-state index in [0.29, 0.717) is 0 Å². The molecular formula is C19H28Cl2N4S. The van der Waals surface area contributed by atoms with E-state index < -0.39 is 0 Å². The summed E-state index contributed by atoms with van der Waals surface area (Å²) in [4.78, 5) is 3.97. The lowest BCUT2D eigenvalue weighted by Crippen LogP contribution is -2.34. The number of rotatable bonds is 4. The molecule has 1 N–H and O–H groups in total. The molecule has 144 valence electrons. The van der Waals surface area contributed by atoms with Gasteiger partial charge in [0.2, 0.25) is 0 Å². The van der Waals surface area contributed by atoms with Gasteiger partial charge in [-0.3, -0.25) is 9.58 Å².